The first kappa shape index (κ1) is 29.0. The Balaban J connectivity index is 1.53. The van der Waals surface area contributed by atoms with Gasteiger partial charge in [-0.1, -0.05) is 79.3 Å². The fourth-order valence-electron chi connectivity index (χ4n) is 3.91. The maximum absolute atomic E-state index is 13.9. The zero-order valence-corrected chi connectivity index (χ0v) is 26.9. The number of hydrogen-bond donors (Lipinski definition) is 0. The van der Waals surface area contributed by atoms with Crippen molar-refractivity contribution in [1.82, 2.24) is 0 Å². The molecular formula is C31H22Br2Cl2N2O2S. The number of benzene rings is 4. The molecule has 1 aliphatic rings. The van der Waals surface area contributed by atoms with Crippen molar-refractivity contribution in [1.29, 1.82) is 0 Å². The summed E-state index contributed by atoms with van der Waals surface area (Å²) in [5.41, 5.74) is 4.96. The number of carbonyl (C=O) groups is 1. The highest BCUT2D eigenvalue weighted by atomic mass is 79.9. The molecular weight excluding hydrogens is 695 g/mol. The summed E-state index contributed by atoms with van der Waals surface area (Å²) in [7, 11) is 0. The lowest BCUT2D eigenvalue weighted by atomic mass is 10.1. The van der Waals surface area contributed by atoms with Crippen molar-refractivity contribution in [2.75, 3.05) is 4.90 Å². The third kappa shape index (κ3) is 6.67. The van der Waals surface area contributed by atoms with E-state index in [0.29, 0.717) is 43.8 Å². The monoisotopic (exact) mass is 714 g/mol. The number of ether oxygens (including phenoxy) is 1. The molecule has 0 atom stereocenters. The minimum Gasteiger partial charge on any atom is -0.488 e. The Labute approximate surface area is 264 Å². The van der Waals surface area contributed by atoms with Crippen molar-refractivity contribution in [3.8, 4) is 5.75 Å². The van der Waals surface area contributed by atoms with Crippen LogP contribution < -0.4 is 9.64 Å². The van der Waals surface area contributed by atoms with E-state index in [2.05, 4.69) is 31.9 Å². The Morgan fingerprint density at radius 3 is 2.25 bits per heavy atom. The molecule has 202 valence electrons. The topological polar surface area (TPSA) is 41.9 Å². The van der Waals surface area contributed by atoms with Crippen molar-refractivity contribution in [3.63, 3.8) is 0 Å². The minimum atomic E-state index is -0.208. The van der Waals surface area contributed by atoms with E-state index in [1.54, 1.807) is 17.0 Å². The highest BCUT2D eigenvalue weighted by Gasteiger charge is 2.35. The summed E-state index contributed by atoms with van der Waals surface area (Å²) in [6.45, 7) is 4.24. The number of rotatable bonds is 6. The molecule has 1 aliphatic heterocycles. The van der Waals surface area contributed by atoms with Crippen molar-refractivity contribution in [2.24, 2.45) is 4.99 Å². The first-order valence-corrected chi connectivity index (χ1v) is 15.4. The van der Waals surface area contributed by atoms with Crippen LogP contribution in [0.15, 0.2) is 97.7 Å². The summed E-state index contributed by atoms with van der Waals surface area (Å²) in [4.78, 5) is 20.8. The highest BCUT2D eigenvalue weighted by Crippen LogP contribution is 2.40. The fraction of sp³-hybridized carbons (Fsp3) is 0.0968. The molecule has 40 heavy (non-hydrogen) atoms. The molecule has 4 nitrogen and oxygen atoms in total. The van der Waals surface area contributed by atoms with Gasteiger partial charge in [-0.25, -0.2) is 4.99 Å². The van der Waals surface area contributed by atoms with Crippen LogP contribution in [-0.2, 0) is 11.4 Å². The number of anilines is 1. The summed E-state index contributed by atoms with van der Waals surface area (Å²) in [6.07, 6.45) is 1.84. The molecule has 4 aromatic rings. The summed E-state index contributed by atoms with van der Waals surface area (Å²) < 4.78 is 8.05. The zero-order valence-electron chi connectivity index (χ0n) is 21.4. The van der Waals surface area contributed by atoms with Gasteiger partial charge in [-0.3, -0.25) is 9.69 Å². The van der Waals surface area contributed by atoms with Gasteiger partial charge in [0, 0.05) is 24.6 Å². The van der Waals surface area contributed by atoms with E-state index in [9.17, 15) is 4.79 Å². The molecule has 5 rings (SSSR count). The van der Waals surface area contributed by atoms with Gasteiger partial charge in [0.05, 0.1) is 16.3 Å². The van der Waals surface area contributed by atoms with Crippen molar-refractivity contribution >= 4 is 95.3 Å². The Bertz CT molecular complexity index is 1670. The average Bonchev–Trinajstić information content (AvgIpc) is 3.22. The second-order valence-corrected chi connectivity index (χ2v) is 12.8. The molecule has 1 heterocycles. The third-order valence-electron chi connectivity index (χ3n) is 6.17. The molecule has 1 amide bonds. The molecule has 0 radical (unpaired) electrons. The molecule has 0 aromatic heterocycles. The van der Waals surface area contributed by atoms with E-state index >= 15 is 0 Å². The summed E-state index contributed by atoms with van der Waals surface area (Å²) in [6, 6.07) is 24.8. The second kappa shape index (κ2) is 12.5. The number of amides is 1. The fourth-order valence-corrected chi connectivity index (χ4v) is 5.89. The molecule has 9 heteroatoms. The maximum Gasteiger partial charge on any atom is 0.271 e. The molecule has 4 aromatic carbocycles. The van der Waals surface area contributed by atoms with Crippen molar-refractivity contribution < 1.29 is 9.53 Å². The summed E-state index contributed by atoms with van der Waals surface area (Å²) in [5.74, 6) is 0.452. The number of amidine groups is 1. The second-order valence-electron chi connectivity index (χ2n) is 9.11. The highest BCUT2D eigenvalue weighted by molar-refractivity contribution is 9.10. The number of aliphatic imine (C=N–C) groups is 1. The van der Waals surface area contributed by atoms with E-state index in [-0.39, 0.29) is 5.91 Å². The van der Waals surface area contributed by atoms with Crippen LogP contribution in [0.25, 0.3) is 6.08 Å². The van der Waals surface area contributed by atoms with Crippen LogP contribution in [-0.4, -0.2) is 11.1 Å². The molecule has 0 aliphatic carbocycles. The lowest BCUT2D eigenvalue weighted by Gasteiger charge is -2.16. The first-order valence-electron chi connectivity index (χ1n) is 12.2. The molecule has 0 unspecified atom stereocenters. The largest absolute Gasteiger partial charge is 0.488 e. The van der Waals surface area contributed by atoms with Crippen LogP contribution in [0.1, 0.15) is 22.3 Å². The Hall–Kier alpha value is -2.55. The average molecular weight is 717 g/mol. The van der Waals surface area contributed by atoms with Crippen LogP contribution in [0, 0.1) is 13.8 Å². The van der Waals surface area contributed by atoms with Crippen LogP contribution in [0.4, 0.5) is 11.4 Å². The normalized spacial score (nSPS) is 15.3. The van der Waals surface area contributed by atoms with Gasteiger partial charge in [-0.05, 0) is 103 Å². The third-order valence-corrected chi connectivity index (χ3v) is 8.97. The number of carbonyl (C=O) groups excluding carboxylic acids is 1. The maximum atomic E-state index is 13.9. The van der Waals surface area contributed by atoms with Gasteiger partial charge in [-0.15, -0.1) is 0 Å². The predicted molar refractivity (Wildman–Crippen MR) is 175 cm³/mol. The van der Waals surface area contributed by atoms with Gasteiger partial charge < -0.3 is 4.74 Å². The molecule has 0 saturated carbocycles. The number of hydrogen-bond acceptors (Lipinski definition) is 4. The van der Waals surface area contributed by atoms with Gasteiger partial charge in [0.25, 0.3) is 5.91 Å². The van der Waals surface area contributed by atoms with Gasteiger partial charge in [0.1, 0.15) is 12.4 Å². The van der Waals surface area contributed by atoms with Gasteiger partial charge in [0.15, 0.2) is 5.17 Å². The first-order chi connectivity index (χ1) is 19.2. The molecule has 0 bridgehead atoms. The Kier molecular flexibility index (Phi) is 9.08. The van der Waals surface area contributed by atoms with Gasteiger partial charge in [-0.2, -0.15) is 0 Å². The number of halogens is 4. The quantitative estimate of drug-likeness (QED) is 0.187. The van der Waals surface area contributed by atoms with E-state index in [1.165, 1.54) is 11.8 Å². The van der Waals surface area contributed by atoms with E-state index < -0.39 is 0 Å². The number of thioether (sulfide) groups is 1. The summed E-state index contributed by atoms with van der Waals surface area (Å²) in [5, 5.41) is 1.68. The lowest BCUT2D eigenvalue weighted by molar-refractivity contribution is -0.113. The van der Waals surface area contributed by atoms with Crippen LogP contribution in [0.5, 0.6) is 5.75 Å². The van der Waals surface area contributed by atoms with Gasteiger partial charge >= 0.3 is 0 Å². The predicted octanol–water partition coefficient (Wildman–Crippen LogP) is 10.5. The summed E-state index contributed by atoms with van der Waals surface area (Å²) >= 11 is 21.1. The lowest BCUT2D eigenvalue weighted by Crippen LogP contribution is -2.28. The number of aryl methyl sites for hydroxylation is 2. The van der Waals surface area contributed by atoms with E-state index in [0.717, 1.165) is 31.2 Å². The van der Waals surface area contributed by atoms with Crippen molar-refractivity contribution in [2.45, 2.75) is 20.5 Å². The van der Waals surface area contributed by atoms with Crippen LogP contribution in [0.3, 0.4) is 0 Å². The van der Waals surface area contributed by atoms with E-state index in [4.69, 9.17) is 32.9 Å². The smallest absolute Gasteiger partial charge is 0.271 e. The minimum absolute atomic E-state index is 0.208. The SMILES string of the molecule is Cc1ccc(N=C2S/C(=C/c3cc(Br)ccc3OCc3ccc(Br)cc3)C(=O)N2c2ccc(C)c(Cl)c2)cc1Cl. The standard InChI is InChI=1S/C31H22Br2Cl2N2O2S/c1-18-3-10-24(15-26(18)34)36-31-37(25-11-4-19(2)27(35)16-25)30(38)29(40-31)14-21-13-23(33)9-12-28(21)39-17-20-5-7-22(32)8-6-20/h3-16H,17H2,1-2H3/b29-14+,36-31?. The Morgan fingerprint density at radius 1 is 0.875 bits per heavy atom. The van der Waals surface area contributed by atoms with Crippen molar-refractivity contribution in [3.05, 3.63) is 125 Å². The van der Waals surface area contributed by atoms with Crippen LogP contribution >= 0.6 is 66.8 Å². The molecule has 0 spiro atoms. The number of nitrogens with zero attached hydrogens (tertiary/aromatic N) is 2. The Morgan fingerprint density at radius 2 is 1.55 bits per heavy atom. The van der Waals surface area contributed by atoms with Crippen LogP contribution in [0.2, 0.25) is 10.0 Å². The molecule has 1 fully saturated rings. The zero-order chi connectivity index (χ0) is 28.4. The molecule has 0 N–H and O–H groups in total. The van der Waals surface area contributed by atoms with E-state index in [1.807, 2.05) is 86.7 Å². The van der Waals surface area contributed by atoms with Gasteiger partial charge in [0.2, 0.25) is 0 Å². The molecule has 1 saturated heterocycles.